The molecule has 164 valence electrons. The Morgan fingerprint density at radius 2 is 1.73 bits per heavy atom. The topological polar surface area (TPSA) is 116 Å². The van der Waals surface area contributed by atoms with Crippen molar-refractivity contribution in [1.29, 1.82) is 0 Å². The molecule has 0 spiro atoms. The lowest BCUT2D eigenvalue weighted by molar-refractivity contribution is -0.132. The van der Waals surface area contributed by atoms with Crippen LogP contribution in [-0.2, 0) is 24.5 Å². The maximum absolute atomic E-state index is 13.3. The summed E-state index contributed by atoms with van der Waals surface area (Å²) in [6, 6.07) is 3.35. The van der Waals surface area contributed by atoms with Gasteiger partial charge in [-0.05, 0) is 45.7 Å². The molecule has 0 radical (unpaired) electrons. The minimum absolute atomic E-state index is 0.284. The lowest BCUT2D eigenvalue weighted by atomic mass is 9.88. The van der Waals surface area contributed by atoms with Gasteiger partial charge in [0.2, 0.25) is 5.91 Å². The van der Waals surface area contributed by atoms with Crippen LogP contribution in [0, 0.1) is 0 Å². The van der Waals surface area contributed by atoms with Gasteiger partial charge in [-0.15, -0.1) is 0 Å². The third-order valence-electron chi connectivity index (χ3n) is 5.30. The van der Waals surface area contributed by atoms with Crippen LogP contribution in [0.5, 0.6) is 0 Å². The molecule has 2 aliphatic rings. The van der Waals surface area contributed by atoms with Crippen LogP contribution in [0.1, 0.15) is 62.5 Å². The summed E-state index contributed by atoms with van der Waals surface area (Å²) in [7, 11) is 1.31. The average molecular weight is 419 g/mol. The lowest BCUT2D eigenvalue weighted by Crippen LogP contribution is -2.63. The highest BCUT2D eigenvalue weighted by Crippen LogP contribution is 2.45. The quantitative estimate of drug-likeness (QED) is 0.702. The molecule has 30 heavy (non-hydrogen) atoms. The molecule has 2 N–H and O–H groups in total. The minimum atomic E-state index is -1.11. The van der Waals surface area contributed by atoms with Crippen molar-refractivity contribution in [3.8, 4) is 0 Å². The van der Waals surface area contributed by atoms with Gasteiger partial charge in [-0.2, -0.15) is 0 Å². The molecular formula is C21H29N3O6. The van der Waals surface area contributed by atoms with Crippen LogP contribution in [0.2, 0.25) is 0 Å². The lowest BCUT2D eigenvalue weighted by Gasteiger charge is -2.38. The Morgan fingerprint density at radius 1 is 1.07 bits per heavy atom. The van der Waals surface area contributed by atoms with Crippen molar-refractivity contribution < 1.29 is 28.6 Å². The van der Waals surface area contributed by atoms with Crippen LogP contribution in [-0.4, -0.2) is 54.4 Å². The molecule has 9 nitrogen and oxygen atoms in total. The van der Waals surface area contributed by atoms with Crippen molar-refractivity contribution in [1.82, 2.24) is 15.6 Å². The summed E-state index contributed by atoms with van der Waals surface area (Å²) in [6.45, 7) is 6.04. The molecule has 1 aromatic heterocycles. The largest absolute Gasteiger partial charge is 0.465 e. The molecule has 0 aromatic carbocycles. The Kier molecular flexibility index (Phi) is 6.03. The molecule has 2 fully saturated rings. The van der Waals surface area contributed by atoms with Crippen LogP contribution in [0.15, 0.2) is 18.3 Å². The van der Waals surface area contributed by atoms with Gasteiger partial charge in [0.1, 0.15) is 11.1 Å². The summed E-state index contributed by atoms with van der Waals surface area (Å²) in [5.74, 6) is -0.751. The van der Waals surface area contributed by atoms with Crippen LogP contribution in [0.25, 0.3) is 0 Å². The number of nitrogens with one attached hydrogen (secondary N) is 2. The van der Waals surface area contributed by atoms with Gasteiger partial charge in [-0.25, -0.2) is 9.59 Å². The number of alkyl carbamates (subject to hydrolysis) is 1. The third-order valence-corrected chi connectivity index (χ3v) is 5.30. The molecular weight excluding hydrogens is 390 g/mol. The molecule has 2 heterocycles. The van der Waals surface area contributed by atoms with E-state index in [-0.39, 0.29) is 5.91 Å². The Bertz CT molecular complexity index is 805. The number of nitrogens with zero attached hydrogens (tertiary/aromatic N) is 1. The van der Waals surface area contributed by atoms with Crippen molar-refractivity contribution in [3.63, 3.8) is 0 Å². The van der Waals surface area contributed by atoms with Gasteiger partial charge < -0.3 is 24.8 Å². The molecule has 0 unspecified atom stereocenters. The number of amides is 2. The van der Waals surface area contributed by atoms with E-state index in [0.717, 1.165) is 12.8 Å². The first-order valence-electron chi connectivity index (χ1n) is 10.1. The molecule has 0 atom stereocenters. The Hall–Kier alpha value is -2.68. The van der Waals surface area contributed by atoms with E-state index in [1.165, 1.54) is 13.3 Å². The van der Waals surface area contributed by atoms with Crippen LogP contribution < -0.4 is 10.6 Å². The fourth-order valence-electron chi connectivity index (χ4n) is 3.45. The SMILES string of the molecule is COC(=O)c1ccc(C2(NC(=O)C3(NC(=O)OC(C)(C)C)CCOCC3)CC2)nc1. The normalized spacial score (nSPS) is 19.3. The molecule has 1 saturated carbocycles. The van der Waals surface area contributed by atoms with Gasteiger partial charge in [-0.1, -0.05) is 0 Å². The Balaban J connectivity index is 1.75. The first-order chi connectivity index (χ1) is 14.1. The third kappa shape index (κ3) is 4.89. The summed E-state index contributed by atoms with van der Waals surface area (Å²) >= 11 is 0. The molecule has 3 rings (SSSR count). The van der Waals surface area contributed by atoms with E-state index >= 15 is 0 Å². The second-order valence-corrected chi connectivity index (χ2v) is 8.78. The zero-order valence-corrected chi connectivity index (χ0v) is 17.9. The fraction of sp³-hybridized carbons (Fsp3) is 0.619. The maximum atomic E-state index is 13.3. The first-order valence-corrected chi connectivity index (χ1v) is 10.1. The number of methoxy groups -OCH3 is 1. The Labute approximate surface area is 175 Å². The van der Waals surface area contributed by atoms with Crippen molar-refractivity contribution >= 4 is 18.0 Å². The second-order valence-electron chi connectivity index (χ2n) is 8.78. The van der Waals surface area contributed by atoms with E-state index in [2.05, 4.69) is 15.6 Å². The zero-order chi connectivity index (χ0) is 22.0. The number of carbonyl (C=O) groups is 3. The van der Waals surface area contributed by atoms with Gasteiger partial charge >= 0.3 is 12.1 Å². The predicted octanol–water partition coefficient (Wildman–Crippen LogP) is 2.05. The van der Waals surface area contributed by atoms with Crippen LogP contribution >= 0.6 is 0 Å². The summed E-state index contributed by atoms with van der Waals surface area (Å²) in [5, 5.41) is 5.87. The number of hydrogen-bond acceptors (Lipinski definition) is 7. The van der Waals surface area contributed by atoms with E-state index in [1.807, 2.05) is 0 Å². The number of ether oxygens (including phenoxy) is 3. The van der Waals surface area contributed by atoms with Gasteiger partial charge in [0.05, 0.1) is 23.9 Å². The monoisotopic (exact) mass is 419 g/mol. The number of carbonyl (C=O) groups excluding carboxylic acids is 3. The smallest absolute Gasteiger partial charge is 0.408 e. The molecule has 2 amide bonds. The maximum Gasteiger partial charge on any atom is 0.408 e. The number of rotatable bonds is 5. The van der Waals surface area contributed by atoms with Crippen molar-refractivity contribution in [2.45, 2.75) is 63.1 Å². The number of pyridine rings is 1. The standard InChI is InChI=1S/C21H29N3O6/c1-19(2,3)30-18(27)24-21(9-11-29-12-10-21)17(26)23-20(7-8-20)15-6-5-14(13-22-15)16(25)28-4/h5-6,13H,7-12H2,1-4H3,(H,23,26)(H,24,27). The molecule has 1 saturated heterocycles. The van der Waals surface area contributed by atoms with E-state index in [4.69, 9.17) is 14.2 Å². The van der Waals surface area contributed by atoms with E-state index in [1.54, 1.807) is 32.9 Å². The second kappa shape index (κ2) is 8.22. The summed E-state index contributed by atoms with van der Waals surface area (Å²) in [4.78, 5) is 41.7. The first kappa shape index (κ1) is 22.0. The Morgan fingerprint density at radius 3 is 2.23 bits per heavy atom. The fourth-order valence-corrected chi connectivity index (χ4v) is 3.45. The molecule has 9 heteroatoms. The average Bonchev–Trinajstić information content (AvgIpc) is 3.47. The van der Waals surface area contributed by atoms with Crippen molar-refractivity contribution in [2.24, 2.45) is 0 Å². The molecule has 1 aliphatic heterocycles. The number of aromatic nitrogens is 1. The molecule has 1 aromatic rings. The van der Waals surface area contributed by atoms with Gasteiger partial charge in [-0.3, -0.25) is 9.78 Å². The highest BCUT2D eigenvalue weighted by atomic mass is 16.6. The highest BCUT2D eigenvalue weighted by molar-refractivity contribution is 5.91. The molecule has 0 bridgehead atoms. The predicted molar refractivity (Wildman–Crippen MR) is 107 cm³/mol. The van der Waals surface area contributed by atoms with Gasteiger partial charge in [0, 0.05) is 32.3 Å². The number of hydrogen-bond donors (Lipinski definition) is 2. The van der Waals surface area contributed by atoms with Gasteiger partial charge in [0.15, 0.2) is 0 Å². The van der Waals surface area contributed by atoms with E-state index < -0.39 is 28.7 Å². The van der Waals surface area contributed by atoms with Crippen molar-refractivity contribution in [2.75, 3.05) is 20.3 Å². The van der Waals surface area contributed by atoms with Crippen LogP contribution in [0.3, 0.4) is 0 Å². The van der Waals surface area contributed by atoms with E-state index in [0.29, 0.717) is 37.3 Å². The van der Waals surface area contributed by atoms with Crippen LogP contribution in [0.4, 0.5) is 4.79 Å². The zero-order valence-electron chi connectivity index (χ0n) is 17.9. The summed E-state index contributed by atoms with van der Waals surface area (Å²) in [6.07, 6.45) is 2.96. The summed E-state index contributed by atoms with van der Waals surface area (Å²) in [5.41, 5.74) is -1.37. The van der Waals surface area contributed by atoms with Crippen molar-refractivity contribution in [3.05, 3.63) is 29.6 Å². The molecule has 1 aliphatic carbocycles. The minimum Gasteiger partial charge on any atom is -0.465 e. The summed E-state index contributed by atoms with van der Waals surface area (Å²) < 4.78 is 15.5. The van der Waals surface area contributed by atoms with Gasteiger partial charge in [0.25, 0.3) is 0 Å². The highest BCUT2D eigenvalue weighted by Gasteiger charge is 2.51. The van der Waals surface area contributed by atoms with E-state index in [9.17, 15) is 14.4 Å². The number of esters is 1.